The van der Waals surface area contributed by atoms with Crippen molar-refractivity contribution in [3.63, 3.8) is 0 Å². The minimum atomic E-state index is -1.08. The minimum Gasteiger partial charge on any atom is -0.465 e. The first-order valence-electron chi connectivity index (χ1n) is 8.72. The fourth-order valence-corrected chi connectivity index (χ4v) is 3.98. The molecule has 0 aromatic heterocycles. The zero-order valence-corrected chi connectivity index (χ0v) is 15.9. The summed E-state index contributed by atoms with van der Waals surface area (Å²) in [7, 11) is 0. The van der Waals surface area contributed by atoms with Crippen LogP contribution in [0.25, 0.3) is 0 Å². The van der Waals surface area contributed by atoms with Crippen LogP contribution in [0.5, 0.6) is 0 Å². The number of amides is 1. The summed E-state index contributed by atoms with van der Waals surface area (Å²) in [6.07, 6.45) is 0.959. The fraction of sp³-hybridized carbons (Fsp3) is 0.450. The van der Waals surface area contributed by atoms with Crippen LogP contribution in [-0.2, 0) is 19.1 Å². The summed E-state index contributed by atoms with van der Waals surface area (Å²) in [5.41, 5.74) is 1.62. The van der Waals surface area contributed by atoms with Gasteiger partial charge in [0.1, 0.15) is 5.92 Å². The van der Waals surface area contributed by atoms with Gasteiger partial charge in [-0.25, -0.2) is 0 Å². The van der Waals surface area contributed by atoms with E-state index >= 15 is 0 Å². The predicted octanol–water partition coefficient (Wildman–Crippen LogP) is 3.38. The quantitative estimate of drug-likeness (QED) is 0.649. The smallest absolute Gasteiger partial charge is 0.319 e. The third kappa shape index (κ3) is 3.40. The molecule has 1 aromatic carbocycles. The lowest BCUT2D eigenvalue weighted by molar-refractivity contribution is -0.153. The number of allylic oxidation sites excluding steroid dienone is 2. The van der Waals surface area contributed by atoms with Gasteiger partial charge in [0.2, 0.25) is 5.91 Å². The zero-order chi connectivity index (χ0) is 19.1. The number of hydrogen-bond acceptors (Lipinski definition) is 4. The number of Topliss-reactive ketones (excluding diaryl/α,β-unsaturated/α-hetero) is 1. The first-order valence-corrected chi connectivity index (χ1v) is 9.10. The van der Waals surface area contributed by atoms with E-state index < -0.39 is 23.7 Å². The number of carbonyl (C=O) groups is 3. The lowest BCUT2D eigenvalue weighted by atomic mass is 9.67. The minimum absolute atomic E-state index is 0.0366. The van der Waals surface area contributed by atoms with Crippen LogP contribution < -0.4 is 5.32 Å². The number of benzene rings is 1. The summed E-state index contributed by atoms with van der Waals surface area (Å²) in [6, 6.07) is 6.91. The lowest BCUT2D eigenvalue weighted by Crippen LogP contribution is -2.49. The normalized spacial score (nSPS) is 24.8. The maximum atomic E-state index is 12.9. The molecule has 0 bridgehead atoms. The standard InChI is InChI=1S/C20H22ClNO4/c1-4-26-19(25)17-15(11-5-7-12(21)8-6-11)16-13(22-18(17)24)9-20(2,3)10-14(16)23/h5-8,15,17H,4,9-10H2,1-3H3,(H,22,24). The third-order valence-electron chi connectivity index (χ3n) is 4.89. The van der Waals surface area contributed by atoms with E-state index in [9.17, 15) is 14.4 Å². The fourth-order valence-electron chi connectivity index (χ4n) is 3.86. The van der Waals surface area contributed by atoms with Crippen molar-refractivity contribution in [1.29, 1.82) is 0 Å². The molecule has 2 aliphatic rings. The maximum absolute atomic E-state index is 12.9. The van der Waals surface area contributed by atoms with Gasteiger partial charge < -0.3 is 10.1 Å². The zero-order valence-electron chi connectivity index (χ0n) is 15.1. The van der Waals surface area contributed by atoms with E-state index in [0.717, 1.165) is 0 Å². The molecule has 6 heteroatoms. The van der Waals surface area contributed by atoms with Crippen LogP contribution in [0.4, 0.5) is 0 Å². The topological polar surface area (TPSA) is 72.5 Å². The summed E-state index contributed by atoms with van der Waals surface area (Å²) < 4.78 is 5.12. The first kappa shape index (κ1) is 18.6. The average Bonchev–Trinajstić information content (AvgIpc) is 2.53. The van der Waals surface area contributed by atoms with Gasteiger partial charge in [0.15, 0.2) is 5.78 Å². The van der Waals surface area contributed by atoms with E-state index in [1.165, 1.54) is 0 Å². The molecule has 1 aliphatic heterocycles. The molecule has 0 fully saturated rings. The highest BCUT2D eigenvalue weighted by Gasteiger charge is 2.48. The van der Waals surface area contributed by atoms with Crippen LogP contribution in [0.2, 0.25) is 5.02 Å². The average molecular weight is 376 g/mol. The second-order valence-electron chi connectivity index (χ2n) is 7.58. The molecule has 0 saturated heterocycles. The molecule has 5 nitrogen and oxygen atoms in total. The molecule has 138 valence electrons. The van der Waals surface area contributed by atoms with E-state index in [2.05, 4.69) is 5.32 Å². The number of hydrogen-bond donors (Lipinski definition) is 1. The van der Waals surface area contributed by atoms with Gasteiger partial charge in [0.05, 0.1) is 6.61 Å². The third-order valence-corrected chi connectivity index (χ3v) is 5.14. The Labute approximate surface area is 157 Å². The predicted molar refractivity (Wildman–Crippen MR) is 97.5 cm³/mol. The number of carbonyl (C=O) groups excluding carboxylic acids is 3. The Morgan fingerprint density at radius 1 is 1.23 bits per heavy atom. The maximum Gasteiger partial charge on any atom is 0.319 e. The SMILES string of the molecule is CCOC(=O)C1C(=O)NC2=C(C(=O)CC(C)(C)C2)C1c1ccc(Cl)cc1. The van der Waals surface area contributed by atoms with Crippen LogP contribution in [0.1, 0.15) is 45.1 Å². The van der Waals surface area contributed by atoms with Crippen LogP contribution in [0, 0.1) is 11.3 Å². The van der Waals surface area contributed by atoms with Crippen LogP contribution in [0.3, 0.4) is 0 Å². The monoisotopic (exact) mass is 375 g/mol. The molecule has 0 radical (unpaired) electrons. The van der Waals surface area contributed by atoms with Gasteiger partial charge in [0.25, 0.3) is 0 Å². The van der Waals surface area contributed by atoms with Crippen LogP contribution in [0.15, 0.2) is 35.5 Å². The van der Waals surface area contributed by atoms with Crippen molar-refractivity contribution in [2.24, 2.45) is 11.3 Å². The summed E-state index contributed by atoms with van der Waals surface area (Å²) in [4.78, 5) is 38.2. The highest BCUT2D eigenvalue weighted by atomic mass is 35.5. The number of halogens is 1. The van der Waals surface area contributed by atoms with E-state index in [-0.39, 0.29) is 17.8 Å². The van der Waals surface area contributed by atoms with Crippen molar-refractivity contribution in [2.45, 2.75) is 39.5 Å². The summed E-state index contributed by atoms with van der Waals surface area (Å²) >= 11 is 5.98. The molecule has 1 aliphatic carbocycles. The van der Waals surface area contributed by atoms with Crippen molar-refractivity contribution in [2.75, 3.05) is 6.61 Å². The van der Waals surface area contributed by atoms with E-state index in [0.29, 0.717) is 34.7 Å². The second kappa shape index (κ2) is 6.88. The number of esters is 1. The van der Waals surface area contributed by atoms with Gasteiger partial charge >= 0.3 is 5.97 Å². The number of nitrogens with one attached hydrogen (secondary N) is 1. The molecule has 1 amide bonds. The molecule has 1 aromatic rings. The molecule has 1 heterocycles. The van der Waals surface area contributed by atoms with Gasteiger partial charge in [-0.1, -0.05) is 37.6 Å². The Kier molecular flexibility index (Phi) is 4.93. The molecule has 2 unspecified atom stereocenters. The van der Waals surface area contributed by atoms with Gasteiger partial charge in [-0.15, -0.1) is 0 Å². The Bertz CT molecular complexity index is 795. The van der Waals surface area contributed by atoms with Gasteiger partial charge in [-0.3, -0.25) is 14.4 Å². The highest BCUT2D eigenvalue weighted by molar-refractivity contribution is 6.30. The highest BCUT2D eigenvalue weighted by Crippen LogP contribution is 2.46. The Balaban J connectivity index is 2.15. The van der Waals surface area contributed by atoms with E-state index in [1.807, 2.05) is 13.8 Å². The van der Waals surface area contributed by atoms with Crippen molar-refractivity contribution in [1.82, 2.24) is 5.32 Å². The van der Waals surface area contributed by atoms with E-state index in [1.54, 1.807) is 31.2 Å². The summed E-state index contributed by atoms with van der Waals surface area (Å²) in [5.74, 6) is -2.81. The van der Waals surface area contributed by atoms with Crippen LogP contribution >= 0.6 is 11.6 Å². The lowest BCUT2D eigenvalue weighted by Gasteiger charge is -2.40. The molecule has 0 spiro atoms. The molecule has 26 heavy (non-hydrogen) atoms. The Morgan fingerprint density at radius 3 is 2.50 bits per heavy atom. The van der Waals surface area contributed by atoms with Crippen molar-refractivity contribution < 1.29 is 19.1 Å². The van der Waals surface area contributed by atoms with Crippen molar-refractivity contribution >= 4 is 29.3 Å². The molecule has 2 atom stereocenters. The Hall–Kier alpha value is -2.14. The second-order valence-corrected chi connectivity index (χ2v) is 8.02. The van der Waals surface area contributed by atoms with Gasteiger partial charge in [0, 0.05) is 28.6 Å². The molecule has 1 N–H and O–H groups in total. The van der Waals surface area contributed by atoms with Gasteiger partial charge in [-0.2, -0.15) is 0 Å². The molecule has 0 saturated carbocycles. The first-order chi connectivity index (χ1) is 12.2. The summed E-state index contributed by atoms with van der Waals surface area (Å²) in [6.45, 7) is 5.85. The molecule has 3 rings (SSSR count). The Morgan fingerprint density at radius 2 is 1.88 bits per heavy atom. The van der Waals surface area contributed by atoms with E-state index in [4.69, 9.17) is 16.3 Å². The summed E-state index contributed by atoms with van der Waals surface area (Å²) in [5, 5.41) is 3.35. The number of ether oxygens (including phenoxy) is 1. The number of ketones is 1. The number of rotatable bonds is 3. The van der Waals surface area contributed by atoms with Crippen molar-refractivity contribution in [3.8, 4) is 0 Å². The largest absolute Gasteiger partial charge is 0.465 e. The van der Waals surface area contributed by atoms with Crippen LogP contribution in [-0.4, -0.2) is 24.3 Å². The molecular formula is C20H22ClNO4. The molecular weight excluding hydrogens is 354 g/mol. The van der Waals surface area contributed by atoms with Crippen molar-refractivity contribution in [3.05, 3.63) is 46.1 Å². The van der Waals surface area contributed by atoms with Gasteiger partial charge in [-0.05, 0) is 36.5 Å².